The van der Waals surface area contributed by atoms with Gasteiger partial charge in [0.2, 0.25) is 5.91 Å². The van der Waals surface area contributed by atoms with Gasteiger partial charge in [0.25, 0.3) is 0 Å². The lowest BCUT2D eigenvalue weighted by Gasteiger charge is -2.14. The van der Waals surface area contributed by atoms with E-state index in [-0.39, 0.29) is 18.9 Å². The minimum absolute atomic E-state index is 0.191. The van der Waals surface area contributed by atoms with Crippen molar-refractivity contribution in [3.8, 4) is 23.3 Å². The summed E-state index contributed by atoms with van der Waals surface area (Å²) in [6.07, 6.45) is -0.191. The molecule has 0 saturated carbocycles. The first-order chi connectivity index (χ1) is 13.1. The maximum absolute atomic E-state index is 11.5. The Bertz CT molecular complexity index is 805. The lowest BCUT2D eigenvalue weighted by molar-refractivity contribution is -0.120. The highest BCUT2D eigenvalue weighted by Crippen LogP contribution is 2.26. The van der Waals surface area contributed by atoms with Gasteiger partial charge in [0.05, 0.1) is 12.7 Å². The van der Waals surface area contributed by atoms with Crippen molar-refractivity contribution in [1.82, 2.24) is 5.32 Å². The van der Waals surface area contributed by atoms with Gasteiger partial charge in [-0.05, 0) is 37.3 Å². The van der Waals surface area contributed by atoms with Crippen LogP contribution in [0.2, 0.25) is 5.02 Å². The topological polar surface area (TPSA) is 80.6 Å². The molecule has 0 bridgehead atoms. The zero-order valence-electron chi connectivity index (χ0n) is 15.0. The fourth-order valence-corrected chi connectivity index (χ4v) is 2.50. The maximum atomic E-state index is 11.5. The third-order valence-corrected chi connectivity index (χ3v) is 3.72. The molecular weight excluding hydrogens is 368 g/mol. The van der Waals surface area contributed by atoms with Crippen LogP contribution in [0.25, 0.3) is 0 Å². The number of benzene rings is 2. The molecule has 0 spiro atoms. The fourth-order valence-electron chi connectivity index (χ4n) is 2.30. The highest BCUT2D eigenvalue weighted by Gasteiger charge is 2.08. The number of nitrogens with one attached hydrogen (secondary N) is 1. The van der Waals surface area contributed by atoms with E-state index in [1.807, 2.05) is 31.2 Å². The summed E-state index contributed by atoms with van der Waals surface area (Å²) in [6.45, 7) is 3.33. The summed E-state index contributed by atoms with van der Waals surface area (Å²) in [7, 11) is 0. The molecular formula is C20H21ClN2O4. The first kappa shape index (κ1) is 20.4. The Morgan fingerprint density at radius 2 is 1.74 bits per heavy atom. The molecule has 0 radical (unpaired) electrons. The summed E-state index contributed by atoms with van der Waals surface area (Å²) in [6, 6.07) is 14.4. The van der Waals surface area contributed by atoms with Gasteiger partial charge in [-0.25, -0.2) is 0 Å². The monoisotopic (exact) mass is 388 g/mol. The highest BCUT2D eigenvalue weighted by atomic mass is 35.5. The van der Waals surface area contributed by atoms with Crippen LogP contribution in [0.5, 0.6) is 17.2 Å². The molecule has 6 nitrogen and oxygen atoms in total. The SMILES string of the molecule is CCOc1ccccc1OCCOc1ccc(Cl)cc1CNC(=O)CC#N. The van der Waals surface area contributed by atoms with E-state index >= 15 is 0 Å². The third kappa shape index (κ3) is 6.72. The van der Waals surface area contributed by atoms with E-state index in [1.54, 1.807) is 24.3 Å². The van der Waals surface area contributed by atoms with Crippen molar-refractivity contribution in [3.63, 3.8) is 0 Å². The lowest BCUT2D eigenvalue weighted by Crippen LogP contribution is -2.22. The van der Waals surface area contributed by atoms with Gasteiger partial charge in [0.15, 0.2) is 11.5 Å². The maximum Gasteiger partial charge on any atom is 0.234 e. The smallest absolute Gasteiger partial charge is 0.234 e. The van der Waals surface area contributed by atoms with Gasteiger partial charge in [-0.2, -0.15) is 5.26 Å². The summed E-state index contributed by atoms with van der Waals surface area (Å²) >= 11 is 6.02. The van der Waals surface area contributed by atoms with E-state index in [4.69, 9.17) is 31.1 Å². The Labute approximate surface area is 163 Å². The fraction of sp³-hybridized carbons (Fsp3) is 0.300. The van der Waals surface area contributed by atoms with E-state index < -0.39 is 0 Å². The van der Waals surface area contributed by atoms with Gasteiger partial charge in [0, 0.05) is 17.1 Å². The van der Waals surface area contributed by atoms with E-state index in [0.717, 1.165) is 5.56 Å². The standard InChI is InChI=1S/C20H21ClN2O4/c1-2-25-18-5-3-4-6-19(18)27-12-11-26-17-8-7-16(21)13-15(17)14-23-20(24)9-10-22/h3-8,13H,2,9,11-12,14H2,1H3,(H,23,24). The molecule has 142 valence electrons. The number of rotatable bonds is 10. The van der Waals surface area contributed by atoms with Crippen molar-refractivity contribution in [2.24, 2.45) is 0 Å². The van der Waals surface area contributed by atoms with Crippen molar-refractivity contribution >= 4 is 17.5 Å². The first-order valence-corrected chi connectivity index (χ1v) is 8.91. The van der Waals surface area contributed by atoms with Gasteiger partial charge in [0.1, 0.15) is 25.4 Å². The van der Waals surface area contributed by atoms with E-state index in [2.05, 4.69) is 5.32 Å². The molecule has 0 aliphatic rings. The van der Waals surface area contributed by atoms with Gasteiger partial charge in [-0.1, -0.05) is 23.7 Å². The second kappa shape index (κ2) is 10.9. The van der Waals surface area contributed by atoms with Gasteiger partial charge in [-0.15, -0.1) is 0 Å². The first-order valence-electron chi connectivity index (χ1n) is 8.53. The van der Waals surface area contributed by atoms with E-state index in [9.17, 15) is 4.79 Å². The summed E-state index contributed by atoms with van der Waals surface area (Å²) < 4.78 is 17.0. The largest absolute Gasteiger partial charge is 0.490 e. The van der Waals surface area contributed by atoms with Crippen LogP contribution in [0.4, 0.5) is 0 Å². The number of carbonyl (C=O) groups excluding carboxylic acids is 1. The number of carbonyl (C=O) groups is 1. The molecule has 1 amide bonds. The van der Waals surface area contributed by atoms with Gasteiger partial charge < -0.3 is 19.5 Å². The Balaban J connectivity index is 1.90. The average Bonchev–Trinajstić information content (AvgIpc) is 2.66. The number of ether oxygens (including phenoxy) is 3. The second-order valence-corrected chi connectivity index (χ2v) is 5.88. The molecule has 0 fully saturated rings. The molecule has 0 saturated heterocycles. The predicted octanol–water partition coefficient (Wildman–Crippen LogP) is 3.73. The molecule has 2 aromatic rings. The minimum Gasteiger partial charge on any atom is -0.490 e. The number of hydrogen-bond donors (Lipinski definition) is 1. The molecule has 2 rings (SSSR count). The quantitative estimate of drug-likeness (QED) is 0.627. The molecule has 0 aliphatic heterocycles. The average molecular weight is 389 g/mol. The molecule has 0 unspecified atom stereocenters. The molecule has 2 aromatic carbocycles. The summed E-state index contributed by atoms with van der Waals surface area (Å²) in [4.78, 5) is 11.5. The van der Waals surface area contributed by atoms with Crippen LogP contribution in [0.1, 0.15) is 18.9 Å². The normalized spacial score (nSPS) is 9.96. The van der Waals surface area contributed by atoms with Crippen LogP contribution < -0.4 is 19.5 Å². The number of para-hydroxylation sites is 2. The van der Waals surface area contributed by atoms with Crippen LogP contribution in [0.15, 0.2) is 42.5 Å². The van der Waals surface area contributed by atoms with Crippen molar-refractivity contribution < 1.29 is 19.0 Å². The van der Waals surface area contributed by atoms with E-state index in [1.165, 1.54) is 0 Å². The number of amides is 1. The van der Waals surface area contributed by atoms with Gasteiger partial charge >= 0.3 is 0 Å². The Kier molecular flexibility index (Phi) is 8.27. The van der Waals surface area contributed by atoms with Crippen molar-refractivity contribution in [2.75, 3.05) is 19.8 Å². The van der Waals surface area contributed by atoms with Crippen LogP contribution in [0.3, 0.4) is 0 Å². The zero-order chi connectivity index (χ0) is 19.5. The van der Waals surface area contributed by atoms with Gasteiger partial charge in [-0.3, -0.25) is 4.79 Å². The lowest BCUT2D eigenvalue weighted by atomic mass is 10.2. The molecule has 1 N–H and O–H groups in total. The van der Waals surface area contributed by atoms with Crippen LogP contribution >= 0.6 is 11.6 Å². The summed E-state index contributed by atoms with van der Waals surface area (Å²) in [5.74, 6) is 1.59. The molecule has 0 atom stereocenters. The molecule has 7 heteroatoms. The van der Waals surface area contributed by atoms with Crippen molar-refractivity contribution in [1.29, 1.82) is 5.26 Å². The Morgan fingerprint density at radius 1 is 1.07 bits per heavy atom. The predicted molar refractivity (Wildman–Crippen MR) is 102 cm³/mol. The minimum atomic E-state index is -0.348. The Morgan fingerprint density at radius 3 is 2.41 bits per heavy atom. The number of hydrogen-bond acceptors (Lipinski definition) is 5. The second-order valence-electron chi connectivity index (χ2n) is 5.44. The van der Waals surface area contributed by atoms with Crippen LogP contribution in [-0.4, -0.2) is 25.7 Å². The Hall–Kier alpha value is -2.91. The van der Waals surface area contributed by atoms with E-state index in [0.29, 0.717) is 42.1 Å². The van der Waals surface area contributed by atoms with Crippen LogP contribution in [-0.2, 0) is 11.3 Å². The summed E-state index contributed by atoms with van der Waals surface area (Å²) in [5, 5.41) is 11.7. The summed E-state index contributed by atoms with van der Waals surface area (Å²) in [5.41, 5.74) is 0.725. The zero-order valence-corrected chi connectivity index (χ0v) is 15.8. The number of nitrogens with zero attached hydrogens (tertiary/aromatic N) is 1. The van der Waals surface area contributed by atoms with Crippen LogP contribution in [0, 0.1) is 11.3 Å². The highest BCUT2D eigenvalue weighted by molar-refractivity contribution is 6.30. The number of nitriles is 1. The molecule has 27 heavy (non-hydrogen) atoms. The number of halogens is 1. The molecule has 0 heterocycles. The molecule has 0 aromatic heterocycles. The van der Waals surface area contributed by atoms with Crippen molar-refractivity contribution in [2.45, 2.75) is 19.9 Å². The third-order valence-electron chi connectivity index (χ3n) is 3.49. The molecule has 0 aliphatic carbocycles. The van der Waals surface area contributed by atoms with Crippen molar-refractivity contribution in [3.05, 3.63) is 53.1 Å².